The van der Waals surface area contributed by atoms with E-state index in [0.29, 0.717) is 29.7 Å². The van der Waals surface area contributed by atoms with E-state index in [1.807, 2.05) is 34.6 Å². The molecule has 0 saturated heterocycles. The van der Waals surface area contributed by atoms with Crippen LogP contribution in [0.25, 0.3) is 10.8 Å². The van der Waals surface area contributed by atoms with Crippen LogP contribution in [0.1, 0.15) is 52.0 Å². The molecule has 0 amide bonds. The first-order chi connectivity index (χ1) is 13.0. The van der Waals surface area contributed by atoms with Crippen LogP contribution >= 0.6 is 23.2 Å². The first-order valence-electron chi connectivity index (χ1n) is 9.31. The van der Waals surface area contributed by atoms with Gasteiger partial charge < -0.3 is 9.47 Å². The number of fused-ring (bicyclic) bond motifs is 1. The Balaban J connectivity index is 2.95. The number of carbonyl (C=O) groups excluding carboxylic acids is 1. The number of aromatic nitrogens is 1. The summed E-state index contributed by atoms with van der Waals surface area (Å²) in [6.07, 6.45) is 0. The third-order valence-electron chi connectivity index (χ3n) is 3.93. The maximum absolute atomic E-state index is 13.3. The highest BCUT2D eigenvalue weighted by atomic mass is 35.5. The number of esters is 1. The molecule has 1 heterocycles. The quantitative estimate of drug-likeness (QED) is 0.565. The number of pyridine rings is 1. The van der Waals surface area contributed by atoms with Crippen LogP contribution in [-0.4, -0.2) is 23.8 Å². The molecule has 0 atom stereocenters. The van der Waals surface area contributed by atoms with Crippen molar-refractivity contribution < 1.29 is 14.3 Å². The number of halogens is 2. The molecule has 0 fully saturated rings. The number of hydrogen-bond acceptors (Lipinski definition) is 4. The predicted molar refractivity (Wildman–Crippen MR) is 114 cm³/mol. The Kier molecular flexibility index (Phi) is 7.05. The molecule has 0 unspecified atom stereocenters. The fourth-order valence-electron chi connectivity index (χ4n) is 2.83. The summed E-state index contributed by atoms with van der Waals surface area (Å²) in [4.78, 5) is 26.1. The molecular weight excluding hydrogens is 401 g/mol. The Morgan fingerprint density at radius 2 is 1.71 bits per heavy atom. The molecule has 2 aromatic rings. The van der Waals surface area contributed by atoms with Gasteiger partial charge >= 0.3 is 5.97 Å². The zero-order valence-electron chi connectivity index (χ0n) is 17.2. The summed E-state index contributed by atoms with van der Waals surface area (Å²) in [6.45, 7) is 12.6. The summed E-state index contributed by atoms with van der Waals surface area (Å²) in [6, 6.07) is 3.10. The van der Waals surface area contributed by atoms with E-state index >= 15 is 0 Å². The van der Waals surface area contributed by atoms with Gasteiger partial charge in [-0.05, 0) is 30.4 Å². The minimum Gasteiger partial charge on any atom is -0.490 e. The van der Waals surface area contributed by atoms with Crippen molar-refractivity contribution in [2.24, 2.45) is 11.3 Å². The molecule has 0 spiro atoms. The molecule has 28 heavy (non-hydrogen) atoms. The van der Waals surface area contributed by atoms with Crippen molar-refractivity contribution in [3.63, 3.8) is 0 Å². The lowest BCUT2D eigenvalue weighted by Gasteiger charge is -2.25. The van der Waals surface area contributed by atoms with E-state index in [2.05, 4.69) is 0 Å². The van der Waals surface area contributed by atoms with E-state index in [9.17, 15) is 9.59 Å². The third-order valence-corrected chi connectivity index (χ3v) is 4.65. The van der Waals surface area contributed by atoms with Gasteiger partial charge in [0.25, 0.3) is 5.56 Å². The second-order valence-corrected chi connectivity index (χ2v) is 9.18. The van der Waals surface area contributed by atoms with Crippen LogP contribution in [0.15, 0.2) is 16.9 Å². The van der Waals surface area contributed by atoms with Gasteiger partial charge in [-0.25, -0.2) is 4.79 Å². The monoisotopic (exact) mass is 427 g/mol. The summed E-state index contributed by atoms with van der Waals surface area (Å²) in [7, 11) is 0. The maximum atomic E-state index is 13.3. The molecule has 0 aliphatic rings. The van der Waals surface area contributed by atoms with Crippen molar-refractivity contribution in [2.75, 3.05) is 13.2 Å². The summed E-state index contributed by atoms with van der Waals surface area (Å²) in [5, 5.41) is 1.36. The Hall–Kier alpha value is -1.72. The average Bonchev–Trinajstić information content (AvgIpc) is 2.56. The smallest absolute Gasteiger partial charge is 0.358 e. The number of nitrogens with zero attached hydrogens (tertiary/aromatic N) is 1. The van der Waals surface area contributed by atoms with Crippen molar-refractivity contribution in [1.29, 1.82) is 0 Å². The van der Waals surface area contributed by atoms with Crippen molar-refractivity contribution in [3.05, 3.63) is 38.2 Å². The Morgan fingerprint density at radius 3 is 2.21 bits per heavy atom. The minimum absolute atomic E-state index is 0.105. The number of ether oxygens (including phenoxy) is 2. The standard InChI is InChI=1S/C21H27Cl2NO4/c1-7-27-20(26)17-18(28-10-12(2)3)13-8-15(22)16(23)9-14(13)19(25)24(17)11-21(4,5)6/h8-9,12H,7,10-11H2,1-6H3. The van der Waals surface area contributed by atoms with Crippen molar-refractivity contribution in [1.82, 2.24) is 4.57 Å². The van der Waals surface area contributed by atoms with Gasteiger partial charge in [0.15, 0.2) is 11.4 Å². The van der Waals surface area contributed by atoms with Gasteiger partial charge in [0.2, 0.25) is 0 Å². The van der Waals surface area contributed by atoms with E-state index in [-0.39, 0.29) is 39.2 Å². The lowest BCUT2D eigenvalue weighted by atomic mass is 9.96. The molecule has 0 saturated carbocycles. The van der Waals surface area contributed by atoms with Crippen LogP contribution in [0.2, 0.25) is 10.0 Å². The second kappa shape index (κ2) is 8.75. The first kappa shape index (κ1) is 22.6. The lowest BCUT2D eigenvalue weighted by Crippen LogP contribution is -2.33. The molecule has 2 rings (SSSR count). The largest absolute Gasteiger partial charge is 0.490 e. The van der Waals surface area contributed by atoms with E-state index in [1.165, 1.54) is 10.6 Å². The Labute approximate surface area is 175 Å². The van der Waals surface area contributed by atoms with E-state index in [4.69, 9.17) is 32.7 Å². The van der Waals surface area contributed by atoms with Crippen LogP contribution in [0.3, 0.4) is 0 Å². The SMILES string of the molecule is CCOC(=O)c1c(OCC(C)C)c2cc(Cl)c(Cl)cc2c(=O)n1CC(C)(C)C. The number of hydrogen-bond donors (Lipinski definition) is 0. The summed E-state index contributed by atoms with van der Waals surface area (Å²) in [5.41, 5.74) is -0.485. The molecule has 0 N–H and O–H groups in total. The highest BCUT2D eigenvalue weighted by Crippen LogP contribution is 2.35. The predicted octanol–water partition coefficient (Wildman–Crippen LogP) is 5.57. The number of rotatable bonds is 6. The molecule has 5 nitrogen and oxygen atoms in total. The molecule has 0 radical (unpaired) electrons. The Morgan fingerprint density at radius 1 is 1.14 bits per heavy atom. The van der Waals surface area contributed by atoms with Crippen molar-refractivity contribution in [2.45, 2.75) is 48.1 Å². The zero-order chi connectivity index (χ0) is 21.2. The third kappa shape index (κ3) is 5.00. The van der Waals surface area contributed by atoms with Gasteiger partial charge in [-0.1, -0.05) is 57.8 Å². The van der Waals surface area contributed by atoms with Gasteiger partial charge in [-0.15, -0.1) is 0 Å². The highest BCUT2D eigenvalue weighted by Gasteiger charge is 2.28. The van der Waals surface area contributed by atoms with E-state index in [0.717, 1.165) is 0 Å². The minimum atomic E-state index is -0.601. The Bertz CT molecular complexity index is 942. The molecule has 154 valence electrons. The molecule has 1 aromatic carbocycles. The molecule has 0 bridgehead atoms. The summed E-state index contributed by atoms with van der Waals surface area (Å²) < 4.78 is 12.7. The van der Waals surface area contributed by atoms with E-state index < -0.39 is 5.97 Å². The van der Waals surface area contributed by atoms with Crippen LogP contribution < -0.4 is 10.3 Å². The molecule has 0 aliphatic carbocycles. The fourth-order valence-corrected chi connectivity index (χ4v) is 3.16. The lowest BCUT2D eigenvalue weighted by molar-refractivity contribution is 0.0503. The fraction of sp³-hybridized carbons (Fsp3) is 0.524. The average molecular weight is 428 g/mol. The number of benzene rings is 1. The van der Waals surface area contributed by atoms with Crippen LogP contribution in [0, 0.1) is 11.3 Å². The van der Waals surface area contributed by atoms with Crippen molar-refractivity contribution >= 4 is 39.9 Å². The zero-order valence-corrected chi connectivity index (χ0v) is 18.7. The number of carbonyl (C=O) groups is 1. The van der Waals surface area contributed by atoms with Crippen molar-refractivity contribution in [3.8, 4) is 5.75 Å². The summed E-state index contributed by atoms with van der Waals surface area (Å²) >= 11 is 12.4. The van der Waals surface area contributed by atoms with Crippen LogP contribution in [0.5, 0.6) is 5.75 Å². The molecule has 1 aromatic heterocycles. The van der Waals surface area contributed by atoms with Gasteiger partial charge in [0.05, 0.1) is 28.6 Å². The van der Waals surface area contributed by atoms with Gasteiger partial charge in [-0.3, -0.25) is 9.36 Å². The highest BCUT2D eigenvalue weighted by molar-refractivity contribution is 6.42. The normalized spacial score (nSPS) is 11.9. The van der Waals surface area contributed by atoms with Crippen LogP contribution in [0.4, 0.5) is 0 Å². The molecular formula is C21H27Cl2NO4. The van der Waals surface area contributed by atoms with Gasteiger partial charge in [0, 0.05) is 11.9 Å². The maximum Gasteiger partial charge on any atom is 0.358 e. The topological polar surface area (TPSA) is 57.5 Å². The van der Waals surface area contributed by atoms with Crippen LogP contribution in [-0.2, 0) is 11.3 Å². The molecule has 0 aliphatic heterocycles. The van der Waals surface area contributed by atoms with Gasteiger partial charge in [-0.2, -0.15) is 0 Å². The first-order valence-corrected chi connectivity index (χ1v) is 10.1. The van der Waals surface area contributed by atoms with Gasteiger partial charge in [0.1, 0.15) is 0 Å². The second-order valence-electron chi connectivity index (χ2n) is 8.37. The molecule has 7 heteroatoms. The summed E-state index contributed by atoms with van der Waals surface area (Å²) in [5.74, 6) is -0.0870. The van der Waals surface area contributed by atoms with E-state index in [1.54, 1.807) is 13.0 Å².